The zero-order valence-electron chi connectivity index (χ0n) is 11.2. The van der Waals surface area contributed by atoms with Crippen LogP contribution < -0.4 is 10.9 Å². The van der Waals surface area contributed by atoms with Crippen molar-refractivity contribution in [3.05, 3.63) is 28.2 Å². The van der Waals surface area contributed by atoms with Crippen molar-refractivity contribution in [2.45, 2.75) is 31.2 Å². The lowest BCUT2D eigenvalue weighted by molar-refractivity contribution is -0.119. The third kappa shape index (κ3) is 4.17. The van der Waals surface area contributed by atoms with E-state index in [1.165, 1.54) is 18.2 Å². The Morgan fingerprint density at radius 2 is 2.00 bits per heavy atom. The number of hydrogen-bond donors (Lipinski definition) is 2. The van der Waals surface area contributed by atoms with Crippen LogP contribution in [0.25, 0.3) is 0 Å². The number of nitrogens with zero attached hydrogens (tertiary/aromatic N) is 1. The summed E-state index contributed by atoms with van der Waals surface area (Å²) in [4.78, 5) is 12.0. The standard InChI is InChI=1S/C12H17Cl2N3O2S/c1-3-7(2)11(15)12(18)17-20(16,19)8-4-5-9(13)10(14)6-8/h4-7,11H,3,15H2,1-2H3,(H2,16,17,18,19)/t7-,11-,20?/m0/s1. The highest BCUT2D eigenvalue weighted by atomic mass is 35.5. The van der Waals surface area contributed by atoms with Gasteiger partial charge in [-0.1, -0.05) is 43.5 Å². The average molecular weight is 338 g/mol. The Balaban J connectivity index is 3.15. The number of carbonyl (C=O) groups excluding carboxylic acids is 1. The second-order valence-corrected chi connectivity index (χ2v) is 7.09. The normalized spacial score (nSPS) is 17.1. The highest BCUT2D eigenvalue weighted by Gasteiger charge is 2.21. The first-order chi connectivity index (χ1) is 9.19. The first-order valence-electron chi connectivity index (χ1n) is 5.98. The van der Waals surface area contributed by atoms with Crippen LogP contribution in [0.3, 0.4) is 0 Å². The van der Waals surface area contributed by atoms with Crippen molar-refractivity contribution < 1.29 is 9.00 Å². The lowest BCUT2D eigenvalue weighted by Gasteiger charge is -2.14. The number of amides is 1. The molecule has 0 aliphatic rings. The van der Waals surface area contributed by atoms with Crippen molar-refractivity contribution in [1.82, 2.24) is 0 Å². The second kappa shape index (κ2) is 6.87. The van der Waals surface area contributed by atoms with Crippen LogP contribution in [0.5, 0.6) is 0 Å². The molecule has 1 aromatic carbocycles. The molecule has 0 radical (unpaired) electrons. The molecule has 8 heteroatoms. The number of nitrogens with two attached hydrogens (primary N) is 2. The minimum absolute atomic E-state index is 0.0738. The summed E-state index contributed by atoms with van der Waals surface area (Å²) >= 11 is 11.6. The zero-order chi connectivity index (χ0) is 15.5. The van der Waals surface area contributed by atoms with Crippen molar-refractivity contribution in [3.63, 3.8) is 0 Å². The quantitative estimate of drug-likeness (QED) is 0.883. The van der Waals surface area contributed by atoms with Gasteiger partial charge in [0.25, 0.3) is 5.91 Å². The molecule has 0 aliphatic carbocycles. The third-order valence-electron chi connectivity index (χ3n) is 3.00. The van der Waals surface area contributed by atoms with E-state index in [-0.39, 0.29) is 15.8 Å². The van der Waals surface area contributed by atoms with Crippen molar-refractivity contribution in [3.8, 4) is 0 Å². The molecule has 3 atom stereocenters. The van der Waals surface area contributed by atoms with Crippen LogP contribution in [0, 0.1) is 5.92 Å². The van der Waals surface area contributed by atoms with E-state index in [1.807, 2.05) is 13.8 Å². The van der Waals surface area contributed by atoms with Gasteiger partial charge in [-0.2, -0.15) is 0 Å². The van der Waals surface area contributed by atoms with Crippen molar-refractivity contribution in [2.75, 3.05) is 0 Å². The molecule has 4 N–H and O–H groups in total. The van der Waals surface area contributed by atoms with E-state index < -0.39 is 21.9 Å². The Kier molecular flexibility index (Phi) is 5.97. The van der Waals surface area contributed by atoms with Crippen molar-refractivity contribution >= 4 is 39.0 Å². The van der Waals surface area contributed by atoms with Gasteiger partial charge in [0, 0.05) is 0 Å². The number of benzene rings is 1. The average Bonchev–Trinajstić information content (AvgIpc) is 2.39. The van der Waals surface area contributed by atoms with Gasteiger partial charge in [-0.3, -0.25) is 4.79 Å². The molecule has 1 amide bonds. The lowest BCUT2D eigenvalue weighted by Crippen LogP contribution is -2.36. The molecular weight excluding hydrogens is 321 g/mol. The van der Waals surface area contributed by atoms with Crippen LogP contribution in [0.2, 0.25) is 10.0 Å². The lowest BCUT2D eigenvalue weighted by atomic mass is 10.00. The Labute approximate surface area is 128 Å². The number of halogens is 2. The Hall–Kier alpha value is -0.660. The van der Waals surface area contributed by atoms with Crippen LogP contribution in [-0.2, 0) is 14.7 Å². The summed E-state index contributed by atoms with van der Waals surface area (Å²) in [5.41, 5.74) is 5.74. The molecule has 1 unspecified atom stereocenters. The molecule has 0 saturated heterocycles. The monoisotopic (exact) mass is 337 g/mol. The van der Waals surface area contributed by atoms with Gasteiger partial charge in [0.1, 0.15) is 9.92 Å². The van der Waals surface area contributed by atoms with E-state index in [0.717, 1.165) is 0 Å². The van der Waals surface area contributed by atoms with E-state index in [1.54, 1.807) is 0 Å². The van der Waals surface area contributed by atoms with Crippen LogP contribution in [0.4, 0.5) is 0 Å². The summed E-state index contributed by atoms with van der Waals surface area (Å²) in [7, 11) is -3.38. The summed E-state index contributed by atoms with van der Waals surface area (Å²) < 4.78 is 15.9. The molecule has 0 bridgehead atoms. The van der Waals surface area contributed by atoms with Gasteiger partial charge in [0.2, 0.25) is 0 Å². The highest BCUT2D eigenvalue weighted by molar-refractivity contribution is 7.91. The van der Waals surface area contributed by atoms with Gasteiger partial charge < -0.3 is 5.73 Å². The minimum atomic E-state index is -3.38. The molecule has 1 aromatic rings. The van der Waals surface area contributed by atoms with Gasteiger partial charge in [-0.15, -0.1) is 4.36 Å². The van der Waals surface area contributed by atoms with Crippen molar-refractivity contribution in [2.24, 2.45) is 21.2 Å². The van der Waals surface area contributed by atoms with Gasteiger partial charge in [0.05, 0.1) is 21.0 Å². The summed E-state index contributed by atoms with van der Waals surface area (Å²) in [6.45, 7) is 3.71. The fourth-order valence-corrected chi connectivity index (χ4v) is 2.81. The molecule has 20 heavy (non-hydrogen) atoms. The van der Waals surface area contributed by atoms with E-state index >= 15 is 0 Å². The maximum absolute atomic E-state index is 12.3. The van der Waals surface area contributed by atoms with E-state index in [0.29, 0.717) is 11.4 Å². The molecule has 1 rings (SSSR count). The smallest absolute Gasteiger partial charge is 0.272 e. The Morgan fingerprint density at radius 1 is 1.40 bits per heavy atom. The molecule has 5 nitrogen and oxygen atoms in total. The van der Waals surface area contributed by atoms with Crippen LogP contribution in [0.15, 0.2) is 27.5 Å². The highest BCUT2D eigenvalue weighted by Crippen LogP contribution is 2.25. The Bertz CT molecular complexity index is 627. The van der Waals surface area contributed by atoms with Gasteiger partial charge >= 0.3 is 0 Å². The predicted octanol–water partition coefficient (Wildman–Crippen LogP) is 2.59. The summed E-state index contributed by atoms with van der Waals surface area (Å²) in [5.74, 6) is -0.756. The number of hydrogen-bond acceptors (Lipinski definition) is 3. The van der Waals surface area contributed by atoms with E-state index in [9.17, 15) is 9.00 Å². The molecule has 0 heterocycles. The van der Waals surface area contributed by atoms with Crippen LogP contribution in [0.1, 0.15) is 20.3 Å². The fourth-order valence-electron chi connectivity index (χ4n) is 1.40. The number of rotatable bonds is 4. The Morgan fingerprint density at radius 3 is 2.50 bits per heavy atom. The molecule has 0 fully saturated rings. The van der Waals surface area contributed by atoms with Crippen molar-refractivity contribution in [1.29, 1.82) is 0 Å². The van der Waals surface area contributed by atoms with Gasteiger partial charge in [-0.25, -0.2) is 9.35 Å². The molecule has 0 spiro atoms. The molecule has 0 aromatic heterocycles. The zero-order valence-corrected chi connectivity index (χ0v) is 13.5. The third-order valence-corrected chi connectivity index (χ3v) is 5.12. The van der Waals surface area contributed by atoms with E-state index in [4.69, 9.17) is 34.1 Å². The second-order valence-electron chi connectivity index (χ2n) is 4.49. The molecular formula is C12H17Cl2N3O2S. The maximum atomic E-state index is 12.3. The molecule has 112 valence electrons. The molecule has 0 aliphatic heterocycles. The summed E-state index contributed by atoms with van der Waals surface area (Å²) in [5, 5.41) is 6.11. The molecule has 0 saturated carbocycles. The van der Waals surface area contributed by atoms with E-state index in [2.05, 4.69) is 4.36 Å². The van der Waals surface area contributed by atoms with Gasteiger partial charge in [-0.05, 0) is 24.1 Å². The van der Waals surface area contributed by atoms with Crippen LogP contribution >= 0.6 is 23.2 Å². The SMILES string of the molecule is CC[C@H](C)[C@H](N)C(=O)N=S(N)(=O)c1ccc(Cl)c(Cl)c1. The van der Waals surface area contributed by atoms with Crippen LogP contribution in [-0.4, -0.2) is 16.2 Å². The largest absolute Gasteiger partial charge is 0.320 e. The number of carbonyl (C=O) groups is 1. The summed E-state index contributed by atoms with van der Waals surface area (Å²) in [6, 6.07) is 3.37. The maximum Gasteiger partial charge on any atom is 0.272 e. The minimum Gasteiger partial charge on any atom is -0.320 e. The van der Waals surface area contributed by atoms with Gasteiger partial charge in [0.15, 0.2) is 0 Å². The summed E-state index contributed by atoms with van der Waals surface area (Å²) in [6.07, 6.45) is 0.709. The first kappa shape index (κ1) is 17.4. The topological polar surface area (TPSA) is 98.5 Å². The predicted molar refractivity (Wildman–Crippen MR) is 81.9 cm³/mol. The fraction of sp³-hybridized carbons (Fsp3) is 0.417. The first-order valence-corrected chi connectivity index (χ1v) is 8.31.